The number of ketones is 1. The monoisotopic (exact) mass is 466 g/mol. The van der Waals surface area contributed by atoms with Crippen molar-refractivity contribution >= 4 is 33.3 Å². The molecule has 0 amide bonds. The SMILES string of the molecule is Cc1c(C(=O)OCCOc2ccccc2)sc2ncn(CC(=O)c3ccc(F)cc3)c(=O)c12. The van der Waals surface area contributed by atoms with Gasteiger partial charge in [-0.1, -0.05) is 18.2 Å². The van der Waals surface area contributed by atoms with Crippen molar-refractivity contribution in [1.82, 2.24) is 9.55 Å². The number of aryl methyl sites for hydroxylation is 1. The van der Waals surface area contributed by atoms with Crippen LogP contribution >= 0.6 is 11.3 Å². The van der Waals surface area contributed by atoms with E-state index in [0.29, 0.717) is 16.1 Å². The van der Waals surface area contributed by atoms with Gasteiger partial charge in [-0.05, 0) is 48.9 Å². The summed E-state index contributed by atoms with van der Waals surface area (Å²) in [6.07, 6.45) is 1.27. The summed E-state index contributed by atoms with van der Waals surface area (Å²) in [5.74, 6) is -0.706. The largest absolute Gasteiger partial charge is 0.490 e. The van der Waals surface area contributed by atoms with Crippen LogP contribution in [-0.4, -0.2) is 34.5 Å². The number of Topliss-reactive ketones (excluding diaryl/α,β-unsaturated/α-hetero) is 1. The lowest BCUT2D eigenvalue weighted by molar-refractivity contribution is 0.0455. The first kappa shape index (κ1) is 22.3. The molecule has 4 rings (SSSR count). The van der Waals surface area contributed by atoms with Crippen molar-refractivity contribution in [3.05, 3.63) is 93.1 Å². The van der Waals surface area contributed by atoms with Gasteiger partial charge in [-0.25, -0.2) is 14.2 Å². The maximum Gasteiger partial charge on any atom is 0.348 e. The molecule has 0 spiro atoms. The van der Waals surface area contributed by atoms with Crippen LogP contribution in [0.4, 0.5) is 4.39 Å². The lowest BCUT2D eigenvalue weighted by atomic mass is 10.1. The minimum atomic E-state index is -0.569. The van der Waals surface area contributed by atoms with Gasteiger partial charge < -0.3 is 9.47 Å². The summed E-state index contributed by atoms with van der Waals surface area (Å²) >= 11 is 1.06. The van der Waals surface area contributed by atoms with E-state index in [9.17, 15) is 18.8 Å². The molecule has 0 aliphatic carbocycles. The Morgan fingerprint density at radius 1 is 1.06 bits per heavy atom. The van der Waals surface area contributed by atoms with Crippen molar-refractivity contribution in [3.63, 3.8) is 0 Å². The number of benzene rings is 2. The van der Waals surface area contributed by atoms with Crippen molar-refractivity contribution in [2.45, 2.75) is 13.5 Å². The second-order valence-electron chi connectivity index (χ2n) is 7.14. The topological polar surface area (TPSA) is 87.5 Å². The Hall–Kier alpha value is -3.85. The van der Waals surface area contributed by atoms with Crippen LogP contribution in [0.1, 0.15) is 25.6 Å². The molecule has 0 bridgehead atoms. The number of carbonyl (C=O) groups excluding carboxylic acids is 2. The molecule has 7 nitrogen and oxygen atoms in total. The highest BCUT2D eigenvalue weighted by Crippen LogP contribution is 2.27. The number of rotatable bonds is 8. The number of nitrogens with zero attached hydrogens (tertiary/aromatic N) is 2. The van der Waals surface area contributed by atoms with Crippen LogP contribution in [0.3, 0.4) is 0 Å². The molecule has 0 fully saturated rings. The third-order valence-electron chi connectivity index (χ3n) is 4.91. The fourth-order valence-electron chi connectivity index (χ4n) is 3.22. The summed E-state index contributed by atoms with van der Waals surface area (Å²) in [6, 6.07) is 14.2. The van der Waals surface area contributed by atoms with Gasteiger partial charge in [0.15, 0.2) is 5.78 Å². The first-order chi connectivity index (χ1) is 15.9. The average Bonchev–Trinajstić information content (AvgIpc) is 3.16. The molecule has 9 heteroatoms. The fraction of sp³-hybridized carbons (Fsp3) is 0.167. The number of esters is 1. The molecule has 2 heterocycles. The Balaban J connectivity index is 1.47. The zero-order valence-electron chi connectivity index (χ0n) is 17.6. The van der Waals surface area contributed by atoms with Crippen LogP contribution in [0.5, 0.6) is 5.75 Å². The van der Waals surface area contributed by atoms with E-state index in [1.165, 1.54) is 35.2 Å². The lowest BCUT2D eigenvalue weighted by Gasteiger charge is -2.07. The van der Waals surface area contributed by atoms with E-state index in [1.807, 2.05) is 18.2 Å². The quantitative estimate of drug-likeness (QED) is 0.221. The summed E-state index contributed by atoms with van der Waals surface area (Å²) < 4.78 is 25.1. The summed E-state index contributed by atoms with van der Waals surface area (Å²) in [5.41, 5.74) is 0.299. The van der Waals surface area contributed by atoms with Crippen LogP contribution in [0.2, 0.25) is 0 Å². The van der Waals surface area contributed by atoms with E-state index in [-0.39, 0.29) is 41.4 Å². The number of ether oxygens (including phenoxy) is 2. The first-order valence-electron chi connectivity index (χ1n) is 10.1. The number of thiophene rings is 1. The first-order valence-corrected chi connectivity index (χ1v) is 10.9. The molecule has 0 aliphatic heterocycles. The van der Waals surface area contributed by atoms with Crippen LogP contribution in [0, 0.1) is 12.7 Å². The minimum absolute atomic E-state index is 0.0469. The highest BCUT2D eigenvalue weighted by atomic mass is 32.1. The molecule has 33 heavy (non-hydrogen) atoms. The Bertz CT molecular complexity index is 1360. The lowest BCUT2D eigenvalue weighted by Crippen LogP contribution is -2.24. The molecule has 0 unspecified atom stereocenters. The van der Waals surface area contributed by atoms with Crippen LogP contribution in [0.25, 0.3) is 10.2 Å². The predicted octanol–water partition coefficient (Wildman–Crippen LogP) is 4.02. The third-order valence-corrected chi connectivity index (χ3v) is 6.09. The second-order valence-corrected chi connectivity index (χ2v) is 8.14. The predicted molar refractivity (Wildman–Crippen MR) is 122 cm³/mol. The molecular formula is C24H19FN2O5S. The van der Waals surface area contributed by atoms with Gasteiger partial charge >= 0.3 is 5.97 Å². The van der Waals surface area contributed by atoms with Crippen LogP contribution < -0.4 is 10.3 Å². The van der Waals surface area contributed by atoms with Gasteiger partial charge in [-0.2, -0.15) is 0 Å². The van der Waals surface area contributed by atoms with Crippen molar-refractivity contribution < 1.29 is 23.5 Å². The van der Waals surface area contributed by atoms with E-state index in [4.69, 9.17) is 9.47 Å². The third kappa shape index (κ3) is 4.98. The van der Waals surface area contributed by atoms with Crippen LogP contribution in [-0.2, 0) is 11.3 Å². The van der Waals surface area contributed by atoms with E-state index in [1.54, 1.807) is 19.1 Å². The summed E-state index contributed by atoms with van der Waals surface area (Å²) in [6.45, 7) is 1.63. The number of hydrogen-bond donors (Lipinski definition) is 0. The Morgan fingerprint density at radius 2 is 1.79 bits per heavy atom. The molecule has 2 aromatic heterocycles. The van der Waals surface area contributed by atoms with Gasteiger partial charge in [0, 0.05) is 5.56 Å². The van der Waals surface area contributed by atoms with Crippen molar-refractivity contribution in [1.29, 1.82) is 0 Å². The van der Waals surface area contributed by atoms with E-state index in [0.717, 1.165) is 11.3 Å². The standard InChI is InChI=1S/C24H19FN2O5S/c1-15-20-22(33-21(15)24(30)32-12-11-31-18-5-3-2-4-6-18)26-14-27(23(20)29)13-19(28)16-7-9-17(25)10-8-16/h2-10,14H,11-13H2,1H3. The molecule has 0 atom stereocenters. The minimum Gasteiger partial charge on any atom is -0.490 e. The number of aromatic nitrogens is 2. The van der Waals surface area contributed by atoms with Gasteiger partial charge in [-0.15, -0.1) is 11.3 Å². The smallest absolute Gasteiger partial charge is 0.348 e. The summed E-state index contributed by atoms with van der Waals surface area (Å²) in [4.78, 5) is 42.9. The van der Waals surface area contributed by atoms with Gasteiger partial charge in [-0.3, -0.25) is 14.2 Å². The molecule has 0 aliphatic rings. The zero-order chi connectivity index (χ0) is 23.4. The maximum absolute atomic E-state index is 13.1. The zero-order valence-corrected chi connectivity index (χ0v) is 18.4. The van der Waals surface area contributed by atoms with Crippen molar-refractivity contribution in [2.75, 3.05) is 13.2 Å². The number of hydrogen-bond acceptors (Lipinski definition) is 7. The molecule has 168 valence electrons. The molecule has 0 radical (unpaired) electrons. The van der Waals surface area contributed by atoms with Gasteiger partial charge in [0.05, 0.1) is 18.3 Å². The van der Waals surface area contributed by atoms with Gasteiger partial charge in [0.1, 0.15) is 34.5 Å². The number of fused-ring (bicyclic) bond motifs is 1. The highest BCUT2D eigenvalue weighted by molar-refractivity contribution is 7.20. The number of para-hydroxylation sites is 1. The van der Waals surface area contributed by atoms with Crippen molar-refractivity contribution in [2.24, 2.45) is 0 Å². The summed E-state index contributed by atoms with van der Waals surface area (Å²) in [7, 11) is 0. The van der Waals surface area contributed by atoms with Crippen molar-refractivity contribution in [3.8, 4) is 5.75 Å². The molecule has 0 saturated heterocycles. The van der Waals surface area contributed by atoms with Crippen LogP contribution in [0.15, 0.2) is 65.7 Å². The molecule has 2 aromatic carbocycles. The highest BCUT2D eigenvalue weighted by Gasteiger charge is 2.21. The summed E-state index contributed by atoms with van der Waals surface area (Å²) in [5, 5.41) is 0.266. The normalized spacial score (nSPS) is 10.8. The Morgan fingerprint density at radius 3 is 2.52 bits per heavy atom. The molecular weight excluding hydrogens is 447 g/mol. The van der Waals surface area contributed by atoms with Gasteiger partial charge in [0.25, 0.3) is 5.56 Å². The molecule has 0 N–H and O–H groups in total. The molecule has 4 aromatic rings. The Kier molecular flexibility index (Phi) is 6.60. The average molecular weight is 466 g/mol. The van der Waals surface area contributed by atoms with E-state index >= 15 is 0 Å². The molecule has 0 saturated carbocycles. The van der Waals surface area contributed by atoms with E-state index < -0.39 is 17.3 Å². The Labute approximate surface area is 192 Å². The van der Waals surface area contributed by atoms with Gasteiger partial charge in [0.2, 0.25) is 0 Å². The van der Waals surface area contributed by atoms with E-state index in [2.05, 4.69) is 4.98 Å². The second kappa shape index (κ2) is 9.74. The number of carbonyl (C=O) groups is 2. The fourth-order valence-corrected chi connectivity index (χ4v) is 4.26. The maximum atomic E-state index is 13.1. The number of halogens is 1.